The van der Waals surface area contributed by atoms with Crippen molar-refractivity contribution in [2.45, 2.75) is 25.2 Å². The van der Waals surface area contributed by atoms with E-state index >= 15 is 0 Å². The Balaban J connectivity index is 2.71. The highest BCUT2D eigenvalue weighted by Gasteiger charge is 2.20. The lowest BCUT2D eigenvalue weighted by Gasteiger charge is -2.14. The summed E-state index contributed by atoms with van der Waals surface area (Å²) in [5.74, 6) is -0.304. The monoisotopic (exact) mass is 218 g/mol. The first kappa shape index (κ1) is 12.5. The number of esters is 1. The van der Waals surface area contributed by atoms with Crippen LogP contribution < -0.4 is 0 Å². The van der Waals surface area contributed by atoms with E-state index in [2.05, 4.69) is 6.58 Å². The van der Waals surface area contributed by atoms with Gasteiger partial charge in [0.2, 0.25) is 0 Å². The summed E-state index contributed by atoms with van der Waals surface area (Å²) in [5, 5.41) is 0. The van der Waals surface area contributed by atoms with Gasteiger partial charge in [-0.25, -0.2) is 0 Å². The van der Waals surface area contributed by atoms with Crippen molar-refractivity contribution < 1.29 is 9.53 Å². The van der Waals surface area contributed by atoms with Gasteiger partial charge in [0.1, 0.15) is 0 Å². The molecule has 0 amide bonds. The highest BCUT2D eigenvalue weighted by molar-refractivity contribution is 5.77. The van der Waals surface area contributed by atoms with Crippen LogP contribution in [0, 0.1) is 0 Å². The minimum absolute atomic E-state index is 0.147. The van der Waals surface area contributed by atoms with E-state index in [0.717, 1.165) is 24.8 Å². The third-order valence-electron chi connectivity index (χ3n) is 2.59. The van der Waals surface area contributed by atoms with Crippen LogP contribution in [-0.4, -0.2) is 13.1 Å². The quantitative estimate of drug-likeness (QED) is 0.416. The predicted molar refractivity (Wildman–Crippen MR) is 65.2 cm³/mol. The minimum Gasteiger partial charge on any atom is -0.469 e. The first-order valence-electron chi connectivity index (χ1n) is 5.53. The van der Waals surface area contributed by atoms with Crippen molar-refractivity contribution in [2.75, 3.05) is 7.11 Å². The topological polar surface area (TPSA) is 26.3 Å². The van der Waals surface area contributed by atoms with E-state index in [1.807, 2.05) is 36.4 Å². The van der Waals surface area contributed by atoms with Crippen molar-refractivity contribution >= 4 is 5.97 Å². The molecule has 2 nitrogen and oxygen atoms in total. The zero-order chi connectivity index (χ0) is 11.8. The van der Waals surface area contributed by atoms with E-state index in [9.17, 15) is 4.79 Å². The fraction of sp³-hybridized carbons (Fsp3) is 0.357. The number of allylic oxidation sites excluding steroid dienone is 1. The van der Waals surface area contributed by atoms with Crippen molar-refractivity contribution in [3.05, 3.63) is 48.6 Å². The lowest BCUT2D eigenvalue weighted by atomic mass is 9.93. The van der Waals surface area contributed by atoms with E-state index in [0.29, 0.717) is 0 Å². The number of benzene rings is 1. The van der Waals surface area contributed by atoms with Gasteiger partial charge in [-0.15, -0.1) is 6.58 Å². The third-order valence-corrected chi connectivity index (χ3v) is 2.59. The summed E-state index contributed by atoms with van der Waals surface area (Å²) in [6.07, 6.45) is 4.57. The second kappa shape index (κ2) is 6.83. The van der Waals surface area contributed by atoms with Gasteiger partial charge in [-0.3, -0.25) is 4.79 Å². The van der Waals surface area contributed by atoms with Gasteiger partial charge in [0.05, 0.1) is 13.0 Å². The molecular weight excluding hydrogens is 200 g/mol. The standard InChI is InChI=1S/C14H18O2/c1-3-4-6-11-13(14(15)16-2)12-9-7-5-8-10-12/h3,5,7-10,13H,1,4,6,11H2,2H3/t13-/m1/s1. The zero-order valence-corrected chi connectivity index (χ0v) is 9.69. The SMILES string of the molecule is C=CCCC[C@@H](C(=O)OC)c1ccccc1. The van der Waals surface area contributed by atoms with Crippen LogP contribution in [-0.2, 0) is 9.53 Å². The van der Waals surface area contributed by atoms with Gasteiger partial charge in [0, 0.05) is 0 Å². The molecule has 16 heavy (non-hydrogen) atoms. The summed E-state index contributed by atoms with van der Waals surface area (Å²) in [4.78, 5) is 11.7. The van der Waals surface area contributed by atoms with Gasteiger partial charge in [-0.2, -0.15) is 0 Å². The summed E-state index contributed by atoms with van der Waals surface area (Å²) >= 11 is 0. The summed E-state index contributed by atoms with van der Waals surface area (Å²) in [6, 6.07) is 9.77. The summed E-state index contributed by atoms with van der Waals surface area (Å²) in [7, 11) is 1.44. The molecule has 0 N–H and O–H groups in total. The van der Waals surface area contributed by atoms with Crippen LogP contribution in [0.1, 0.15) is 30.7 Å². The normalized spacial score (nSPS) is 11.8. The van der Waals surface area contributed by atoms with Gasteiger partial charge in [0.15, 0.2) is 0 Å². The zero-order valence-electron chi connectivity index (χ0n) is 9.69. The highest BCUT2D eigenvalue weighted by atomic mass is 16.5. The second-order valence-electron chi connectivity index (χ2n) is 3.71. The molecule has 0 unspecified atom stereocenters. The molecule has 0 saturated carbocycles. The molecule has 1 aromatic rings. The van der Waals surface area contributed by atoms with Crippen LogP contribution in [0.25, 0.3) is 0 Å². The number of carbonyl (C=O) groups excluding carboxylic acids is 1. The fourth-order valence-electron chi connectivity index (χ4n) is 1.71. The molecular formula is C14H18O2. The van der Waals surface area contributed by atoms with Gasteiger partial charge >= 0.3 is 5.97 Å². The molecule has 0 radical (unpaired) electrons. The van der Waals surface area contributed by atoms with E-state index < -0.39 is 0 Å². The summed E-state index contributed by atoms with van der Waals surface area (Å²) < 4.78 is 4.83. The summed E-state index contributed by atoms with van der Waals surface area (Å²) in [6.45, 7) is 3.68. The van der Waals surface area contributed by atoms with E-state index in [4.69, 9.17) is 4.74 Å². The van der Waals surface area contributed by atoms with Crippen LogP contribution in [0.15, 0.2) is 43.0 Å². The number of hydrogen-bond acceptors (Lipinski definition) is 2. The van der Waals surface area contributed by atoms with Gasteiger partial charge in [0.25, 0.3) is 0 Å². The van der Waals surface area contributed by atoms with E-state index in [1.165, 1.54) is 7.11 Å². The van der Waals surface area contributed by atoms with E-state index in [1.54, 1.807) is 0 Å². The average Bonchev–Trinajstić information content (AvgIpc) is 2.35. The van der Waals surface area contributed by atoms with Crippen LogP contribution >= 0.6 is 0 Å². The largest absolute Gasteiger partial charge is 0.469 e. The van der Waals surface area contributed by atoms with Crippen molar-refractivity contribution in [3.63, 3.8) is 0 Å². The van der Waals surface area contributed by atoms with Gasteiger partial charge < -0.3 is 4.74 Å². The van der Waals surface area contributed by atoms with Crippen LogP contribution in [0.2, 0.25) is 0 Å². The Hall–Kier alpha value is -1.57. The Morgan fingerprint density at radius 2 is 2.12 bits per heavy atom. The Bertz CT molecular complexity index is 330. The average molecular weight is 218 g/mol. The Morgan fingerprint density at radius 3 is 2.69 bits per heavy atom. The maximum Gasteiger partial charge on any atom is 0.313 e. The Morgan fingerprint density at radius 1 is 1.44 bits per heavy atom. The first-order valence-corrected chi connectivity index (χ1v) is 5.53. The molecule has 0 aliphatic carbocycles. The molecule has 1 rings (SSSR count). The van der Waals surface area contributed by atoms with Crippen molar-refractivity contribution in [1.82, 2.24) is 0 Å². The second-order valence-corrected chi connectivity index (χ2v) is 3.71. The lowest BCUT2D eigenvalue weighted by molar-refractivity contribution is -0.142. The number of unbranched alkanes of at least 4 members (excludes halogenated alkanes) is 1. The molecule has 0 bridgehead atoms. The smallest absolute Gasteiger partial charge is 0.313 e. The molecule has 0 saturated heterocycles. The van der Waals surface area contributed by atoms with Crippen LogP contribution in [0.4, 0.5) is 0 Å². The van der Waals surface area contributed by atoms with Crippen molar-refractivity contribution in [1.29, 1.82) is 0 Å². The molecule has 0 heterocycles. The lowest BCUT2D eigenvalue weighted by Crippen LogP contribution is -2.14. The molecule has 0 aliphatic rings. The molecule has 2 heteroatoms. The number of rotatable bonds is 6. The predicted octanol–water partition coefficient (Wildman–Crippen LogP) is 3.30. The van der Waals surface area contributed by atoms with Gasteiger partial charge in [-0.1, -0.05) is 36.4 Å². The number of carbonyl (C=O) groups is 1. The Kier molecular flexibility index (Phi) is 5.34. The molecule has 86 valence electrons. The number of ether oxygens (including phenoxy) is 1. The molecule has 1 atom stereocenters. The maximum atomic E-state index is 11.7. The number of hydrogen-bond donors (Lipinski definition) is 0. The Labute approximate surface area is 96.9 Å². The van der Waals surface area contributed by atoms with E-state index in [-0.39, 0.29) is 11.9 Å². The molecule has 0 aliphatic heterocycles. The van der Waals surface area contributed by atoms with Crippen molar-refractivity contribution in [2.24, 2.45) is 0 Å². The molecule has 0 fully saturated rings. The maximum absolute atomic E-state index is 11.7. The third kappa shape index (κ3) is 3.54. The van der Waals surface area contributed by atoms with Crippen LogP contribution in [0.5, 0.6) is 0 Å². The molecule has 1 aromatic carbocycles. The van der Waals surface area contributed by atoms with Gasteiger partial charge in [-0.05, 0) is 24.8 Å². The van der Waals surface area contributed by atoms with Crippen LogP contribution in [0.3, 0.4) is 0 Å². The first-order chi connectivity index (χ1) is 7.79. The minimum atomic E-state index is -0.157. The number of methoxy groups -OCH3 is 1. The summed E-state index contributed by atoms with van der Waals surface area (Å²) in [5.41, 5.74) is 1.03. The van der Waals surface area contributed by atoms with Crippen molar-refractivity contribution in [3.8, 4) is 0 Å². The highest BCUT2D eigenvalue weighted by Crippen LogP contribution is 2.23. The fourth-order valence-corrected chi connectivity index (χ4v) is 1.71. The molecule has 0 spiro atoms. The molecule has 0 aromatic heterocycles.